The van der Waals surface area contributed by atoms with Gasteiger partial charge in [-0.25, -0.2) is 4.79 Å². The second kappa shape index (κ2) is 4.31. The molecule has 96 valence electrons. The maximum atomic E-state index is 11.5. The number of nitrogens with zero attached hydrogens (tertiary/aromatic N) is 1. The van der Waals surface area contributed by atoms with Crippen LogP contribution in [0.4, 0.5) is 10.5 Å². The Labute approximate surface area is 110 Å². The molecule has 0 aliphatic carbocycles. The Hall–Kier alpha value is -2.49. The van der Waals surface area contributed by atoms with Gasteiger partial charge < -0.3 is 9.84 Å². The van der Waals surface area contributed by atoms with Crippen LogP contribution in [0.5, 0.6) is 11.5 Å². The van der Waals surface area contributed by atoms with Crippen LogP contribution in [0.2, 0.25) is 0 Å². The Morgan fingerprint density at radius 2 is 2.00 bits per heavy atom. The molecule has 19 heavy (non-hydrogen) atoms. The first-order chi connectivity index (χ1) is 9.15. The number of hydrogen-bond donors (Lipinski definition) is 1. The normalized spacial score (nSPS) is 13.0. The van der Waals surface area contributed by atoms with Crippen LogP contribution in [0.15, 0.2) is 42.5 Å². The van der Waals surface area contributed by atoms with Gasteiger partial charge in [-0.2, -0.15) is 0 Å². The molecule has 1 aliphatic rings. The minimum absolute atomic E-state index is 0.294. The summed E-state index contributed by atoms with van der Waals surface area (Å²) >= 11 is 0. The molecule has 4 nitrogen and oxygen atoms in total. The summed E-state index contributed by atoms with van der Waals surface area (Å²) in [6.07, 6.45) is -0.979. The number of benzene rings is 2. The molecule has 0 spiro atoms. The second-order valence-corrected chi connectivity index (χ2v) is 4.55. The van der Waals surface area contributed by atoms with Gasteiger partial charge in [0, 0.05) is 5.56 Å². The van der Waals surface area contributed by atoms with E-state index in [1.54, 1.807) is 0 Å². The van der Waals surface area contributed by atoms with Crippen LogP contribution in [-0.4, -0.2) is 11.2 Å². The van der Waals surface area contributed by atoms with Gasteiger partial charge in [-0.3, -0.25) is 4.90 Å². The number of hydrogen-bond acceptors (Lipinski definition) is 2. The molecule has 3 rings (SSSR count). The van der Waals surface area contributed by atoms with Crippen molar-refractivity contribution in [1.29, 1.82) is 0 Å². The predicted octanol–water partition coefficient (Wildman–Crippen LogP) is 3.79. The van der Waals surface area contributed by atoms with Crippen LogP contribution in [0, 0.1) is 6.92 Å². The van der Waals surface area contributed by atoms with E-state index in [-0.39, 0.29) is 0 Å². The van der Waals surface area contributed by atoms with Crippen molar-refractivity contribution in [2.75, 3.05) is 4.90 Å². The average molecular weight is 255 g/mol. The predicted molar refractivity (Wildman–Crippen MR) is 71.9 cm³/mol. The smallest absolute Gasteiger partial charge is 0.412 e. The van der Waals surface area contributed by atoms with Crippen molar-refractivity contribution in [3.05, 3.63) is 53.6 Å². The summed E-state index contributed by atoms with van der Waals surface area (Å²) in [5.74, 6) is 1.27. The molecule has 2 aromatic carbocycles. The van der Waals surface area contributed by atoms with Crippen LogP contribution < -0.4 is 9.64 Å². The Morgan fingerprint density at radius 1 is 1.21 bits per heavy atom. The molecular formula is C15H13NO3. The molecule has 4 heteroatoms. The van der Waals surface area contributed by atoms with Gasteiger partial charge in [-0.1, -0.05) is 24.3 Å². The van der Waals surface area contributed by atoms with Gasteiger partial charge in [-0.05, 0) is 30.7 Å². The summed E-state index contributed by atoms with van der Waals surface area (Å²) in [6.45, 7) is 2.22. The van der Waals surface area contributed by atoms with Gasteiger partial charge in [0.15, 0.2) is 5.75 Å². The summed E-state index contributed by atoms with van der Waals surface area (Å²) in [5, 5.41) is 9.40. The van der Waals surface area contributed by atoms with Crippen LogP contribution >= 0.6 is 0 Å². The summed E-state index contributed by atoms with van der Waals surface area (Å²) in [5.41, 5.74) is 2.45. The fourth-order valence-electron chi connectivity index (χ4n) is 2.20. The largest absolute Gasteiger partial charge is 0.465 e. The first-order valence-corrected chi connectivity index (χ1v) is 6.02. The Bertz CT molecular complexity index is 652. The lowest BCUT2D eigenvalue weighted by Crippen LogP contribution is -2.27. The van der Waals surface area contributed by atoms with Crippen LogP contribution in [0.3, 0.4) is 0 Å². The van der Waals surface area contributed by atoms with E-state index < -0.39 is 6.09 Å². The van der Waals surface area contributed by atoms with E-state index in [1.807, 2.05) is 49.4 Å². The van der Waals surface area contributed by atoms with Gasteiger partial charge >= 0.3 is 6.09 Å². The molecular weight excluding hydrogens is 242 g/mol. The maximum absolute atomic E-state index is 11.5. The molecule has 0 atom stereocenters. The fraction of sp³-hybridized carbons (Fsp3) is 0.133. The molecule has 1 N–H and O–H groups in total. The minimum Gasteiger partial charge on any atom is -0.465 e. The number of aryl methyl sites for hydroxylation is 1. The Kier molecular flexibility index (Phi) is 2.63. The van der Waals surface area contributed by atoms with E-state index in [0.717, 1.165) is 11.1 Å². The van der Waals surface area contributed by atoms with E-state index in [4.69, 9.17) is 4.74 Å². The van der Waals surface area contributed by atoms with Crippen molar-refractivity contribution in [3.8, 4) is 11.5 Å². The van der Waals surface area contributed by atoms with E-state index in [9.17, 15) is 9.90 Å². The lowest BCUT2D eigenvalue weighted by molar-refractivity contribution is 0.201. The molecule has 1 heterocycles. The topological polar surface area (TPSA) is 49.8 Å². The van der Waals surface area contributed by atoms with Gasteiger partial charge in [0.25, 0.3) is 0 Å². The van der Waals surface area contributed by atoms with Gasteiger partial charge in [0.05, 0.1) is 12.2 Å². The van der Waals surface area contributed by atoms with E-state index in [2.05, 4.69) is 0 Å². The standard InChI is InChI=1S/C15H13NO3/c1-10-6-7-14-12(8-10)16(15(17)18)9-11-4-2-3-5-13(11)19-14/h2-8H,9H2,1H3,(H,17,18). The zero-order chi connectivity index (χ0) is 13.4. The van der Waals surface area contributed by atoms with Gasteiger partial charge in [-0.15, -0.1) is 0 Å². The zero-order valence-corrected chi connectivity index (χ0v) is 10.5. The molecule has 2 aromatic rings. The molecule has 0 fully saturated rings. The lowest BCUT2D eigenvalue weighted by Gasteiger charge is -2.18. The summed E-state index contributed by atoms with van der Waals surface area (Å²) < 4.78 is 5.83. The average Bonchev–Trinajstić information content (AvgIpc) is 2.55. The zero-order valence-electron chi connectivity index (χ0n) is 10.5. The van der Waals surface area contributed by atoms with Crippen molar-refractivity contribution >= 4 is 11.8 Å². The number of anilines is 1. The summed E-state index contributed by atoms with van der Waals surface area (Å²) in [7, 11) is 0. The first-order valence-electron chi connectivity index (χ1n) is 6.02. The number of carboxylic acid groups (broad SMARTS) is 1. The third kappa shape index (κ3) is 2.01. The second-order valence-electron chi connectivity index (χ2n) is 4.55. The quantitative estimate of drug-likeness (QED) is 0.779. The summed E-state index contributed by atoms with van der Waals surface area (Å²) in [4.78, 5) is 12.8. The van der Waals surface area contributed by atoms with E-state index >= 15 is 0 Å². The Balaban J connectivity index is 2.18. The van der Waals surface area contributed by atoms with E-state index in [0.29, 0.717) is 23.7 Å². The molecule has 0 aromatic heterocycles. The van der Waals surface area contributed by atoms with Crippen molar-refractivity contribution in [2.24, 2.45) is 0 Å². The highest BCUT2D eigenvalue weighted by Gasteiger charge is 2.24. The first kappa shape index (κ1) is 11.6. The minimum atomic E-state index is -0.979. The number of rotatable bonds is 0. The number of ether oxygens (including phenoxy) is 1. The molecule has 0 bridgehead atoms. The number of amides is 1. The molecule has 0 saturated carbocycles. The monoisotopic (exact) mass is 255 g/mol. The number of para-hydroxylation sites is 1. The molecule has 0 saturated heterocycles. The van der Waals surface area contributed by atoms with Crippen molar-refractivity contribution in [2.45, 2.75) is 13.5 Å². The van der Waals surface area contributed by atoms with Crippen LogP contribution in [-0.2, 0) is 6.54 Å². The lowest BCUT2D eigenvalue weighted by atomic mass is 10.1. The summed E-state index contributed by atoms with van der Waals surface area (Å²) in [6, 6.07) is 13.0. The maximum Gasteiger partial charge on any atom is 0.412 e. The third-order valence-electron chi connectivity index (χ3n) is 3.16. The number of carbonyl (C=O) groups is 1. The highest BCUT2D eigenvalue weighted by molar-refractivity contribution is 5.89. The van der Waals surface area contributed by atoms with Crippen molar-refractivity contribution in [3.63, 3.8) is 0 Å². The molecule has 0 unspecified atom stereocenters. The SMILES string of the molecule is Cc1ccc2c(c1)N(C(=O)O)Cc1ccccc1O2. The number of fused-ring (bicyclic) bond motifs is 2. The molecule has 1 amide bonds. The molecule has 1 aliphatic heterocycles. The highest BCUT2D eigenvalue weighted by atomic mass is 16.5. The van der Waals surface area contributed by atoms with Crippen molar-refractivity contribution in [1.82, 2.24) is 0 Å². The van der Waals surface area contributed by atoms with E-state index in [1.165, 1.54) is 4.90 Å². The van der Waals surface area contributed by atoms with Crippen molar-refractivity contribution < 1.29 is 14.6 Å². The van der Waals surface area contributed by atoms with Gasteiger partial charge in [0.2, 0.25) is 0 Å². The van der Waals surface area contributed by atoms with Gasteiger partial charge in [0.1, 0.15) is 5.75 Å². The highest BCUT2D eigenvalue weighted by Crippen LogP contribution is 2.39. The van der Waals surface area contributed by atoms with Crippen LogP contribution in [0.25, 0.3) is 0 Å². The fourth-order valence-corrected chi connectivity index (χ4v) is 2.20. The third-order valence-corrected chi connectivity index (χ3v) is 3.16. The Morgan fingerprint density at radius 3 is 2.79 bits per heavy atom. The van der Waals surface area contributed by atoms with Crippen LogP contribution in [0.1, 0.15) is 11.1 Å². The molecule has 0 radical (unpaired) electrons.